The van der Waals surface area contributed by atoms with Gasteiger partial charge in [0.05, 0.1) is 0 Å². The van der Waals surface area contributed by atoms with Crippen LogP contribution in [0.3, 0.4) is 0 Å². The molecule has 14 heavy (non-hydrogen) atoms. The van der Waals surface area contributed by atoms with E-state index in [0.717, 1.165) is 12.8 Å². The molecule has 4 heteroatoms. The molecular weight excluding hydrogens is 180 g/mol. The number of aliphatic hydroxyl groups is 1. The fourth-order valence-corrected chi connectivity index (χ4v) is 1.16. The zero-order valence-electron chi connectivity index (χ0n) is 8.97. The molecule has 0 aromatic carbocycles. The molecule has 0 aliphatic heterocycles. The zero-order valence-corrected chi connectivity index (χ0v) is 8.97. The summed E-state index contributed by atoms with van der Waals surface area (Å²) in [5.41, 5.74) is -0.239. The van der Waals surface area contributed by atoms with Crippen molar-refractivity contribution in [3.8, 4) is 0 Å². The average molecular weight is 200 g/mol. The minimum Gasteiger partial charge on any atom is -0.396 e. The van der Waals surface area contributed by atoms with Crippen molar-refractivity contribution in [2.75, 3.05) is 13.2 Å². The molecule has 0 unspecified atom stereocenters. The Bertz CT molecular complexity index is 200. The van der Waals surface area contributed by atoms with Crippen LogP contribution in [0.1, 0.15) is 33.1 Å². The lowest BCUT2D eigenvalue weighted by molar-refractivity contribution is 0.156. The number of nitrogens with one attached hydrogen (secondary N) is 2. The van der Waals surface area contributed by atoms with Crippen molar-refractivity contribution in [3.63, 3.8) is 0 Å². The van der Waals surface area contributed by atoms with Gasteiger partial charge in [0.15, 0.2) is 0 Å². The van der Waals surface area contributed by atoms with E-state index in [4.69, 9.17) is 5.11 Å². The molecule has 1 aliphatic carbocycles. The largest absolute Gasteiger partial charge is 0.396 e. The fourth-order valence-electron chi connectivity index (χ4n) is 1.16. The van der Waals surface area contributed by atoms with E-state index in [-0.39, 0.29) is 18.1 Å². The predicted molar refractivity (Wildman–Crippen MR) is 55.0 cm³/mol. The Kier molecular flexibility index (Phi) is 3.75. The highest BCUT2D eigenvalue weighted by atomic mass is 16.3. The van der Waals surface area contributed by atoms with E-state index in [1.165, 1.54) is 6.42 Å². The summed E-state index contributed by atoms with van der Waals surface area (Å²) in [7, 11) is 0. The summed E-state index contributed by atoms with van der Waals surface area (Å²) in [5, 5.41) is 14.6. The molecule has 1 fully saturated rings. The number of hydrogen-bond acceptors (Lipinski definition) is 2. The van der Waals surface area contributed by atoms with Crippen molar-refractivity contribution in [3.05, 3.63) is 0 Å². The summed E-state index contributed by atoms with van der Waals surface area (Å²) >= 11 is 0. The second-order valence-corrected chi connectivity index (χ2v) is 4.78. The van der Waals surface area contributed by atoms with Crippen LogP contribution < -0.4 is 10.6 Å². The van der Waals surface area contributed by atoms with Crippen LogP contribution in [0, 0.1) is 5.41 Å². The minimum atomic E-state index is -0.239. The van der Waals surface area contributed by atoms with Crippen molar-refractivity contribution < 1.29 is 9.90 Å². The monoisotopic (exact) mass is 200 g/mol. The van der Waals surface area contributed by atoms with Crippen LogP contribution >= 0.6 is 0 Å². The smallest absolute Gasteiger partial charge is 0.315 e. The van der Waals surface area contributed by atoms with Gasteiger partial charge in [0.1, 0.15) is 0 Å². The second kappa shape index (κ2) is 4.64. The molecule has 0 bridgehead atoms. The topological polar surface area (TPSA) is 61.4 Å². The third kappa shape index (κ3) is 3.54. The molecule has 0 spiro atoms. The van der Waals surface area contributed by atoms with E-state index in [0.29, 0.717) is 12.6 Å². The Morgan fingerprint density at radius 1 is 1.50 bits per heavy atom. The molecule has 0 aromatic heterocycles. The van der Waals surface area contributed by atoms with E-state index in [9.17, 15) is 4.79 Å². The maximum atomic E-state index is 11.3. The number of carbonyl (C=O) groups is 1. The minimum absolute atomic E-state index is 0.0801. The number of hydrogen-bond donors (Lipinski definition) is 3. The molecule has 3 N–H and O–H groups in total. The number of amides is 2. The standard InChI is InChI=1S/C10H20N2O2/c1-10(2,7-13)6-11-9(14)12-8-4-3-5-8/h8,13H,3-7H2,1-2H3,(H2,11,12,14). The van der Waals surface area contributed by atoms with Crippen molar-refractivity contribution in [1.29, 1.82) is 0 Å². The van der Waals surface area contributed by atoms with Crippen molar-refractivity contribution >= 4 is 6.03 Å². The summed E-state index contributed by atoms with van der Waals surface area (Å²) in [6.07, 6.45) is 3.40. The predicted octanol–water partition coefficient (Wildman–Crippen LogP) is 0.857. The first-order valence-corrected chi connectivity index (χ1v) is 5.19. The fraction of sp³-hybridized carbons (Fsp3) is 0.900. The lowest BCUT2D eigenvalue weighted by atomic mass is 9.93. The number of urea groups is 1. The number of carbonyl (C=O) groups excluding carboxylic acids is 1. The Hall–Kier alpha value is -0.770. The third-order valence-corrected chi connectivity index (χ3v) is 2.60. The van der Waals surface area contributed by atoms with Gasteiger partial charge in [-0.25, -0.2) is 4.79 Å². The number of aliphatic hydroxyl groups excluding tert-OH is 1. The highest BCUT2D eigenvalue weighted by Gasteiger charge is 2.21. The van der Waals surface area contributed by atoms with Crippen molar-refractivity contribution in [2.24, 2.45) is 5.41 Å². The van der Waals surface area contributed by atoms with Gasteiger partial charge in [-0.3, -0.25) is 0 Å². The SMILES string of the molecule is CC(C)(CO)CNC(=O)NC1CCC1. The summed E-state index contributed by atoms with van der Waals surface area (Å²) in [5.74, 6) is 0. The van der Waals surface area contributed by atoms with Gasteiger partial charge in [-0.2, -0.15) is 0 Å². The zero-order chi connectivity index (χ0) is 10.6. The Morgan fingerprint density at radius 3 is 2.57 bits per heavy atom. The van der Waals surface area contributed by atoms with Gasteiger partial charge in [-0.15, -0.1) is 0 Å². The molecule has 4 nitrogen and oxygen atoms in total. The van der Waals surface area contributed by atoms with Crippen molar-refractivity contribution in [2.45, 2.75) is 39.2 Å². The first-order chi connectivity index (χ1) is 6.53. The van der Waals surface area contributed by atoms with E-state index in [1.54, 1.807) is 0 Å². The summed E-state index contributed by atoms with van der Waals surface area (Å²) in [6, 6.07) is 0.253. The van der Waals surface area contributed by atoms with Crippen LogP contribution in [0.15, 0.2) is 0 Å². The van der Waals surface area contributed by atoms with E-state index in [1.807, 2.05) is 13.8 Å². The van der Waals surface area contributed by atoms with Crippen LogP contribution in [0.5, 0.6) is 0 Å². The van der Waals surface area contributed by atoms with Gasteiger partial charge in [0, 0.05) is 24.6 Å². The van der Waals surface area contributed by atoms with Gasteiger partial charge in [0.25, 0.3) is 0 Å². The summed E-state index contributed by atoms with van der Waals surface area (Å²) in [4.78, 5) is 11.3. The normalized spacial score (nSPS) is 17.4. The molecule has 1 rings (SSSR count). The molecule has 82 valence electrons. The molecule has 0 atom stereocenters. The highest BCUT2D eigenvalue weighted by Crippen LogP contribution is 2.17. The molecule has 1 saturated carbocycles. The van der Waals surface area contributed by atoms with Crippen LogP contribution in [0.4, 0.5) is 4.79 Å². The molecule has 0 radical (unpaired) electrons. The van der Waals surface area contributed by atoms with E-state index < -0.39 is 0 Å². The molecule has 2 amide bonds. The average Bonchev–Trinajstić information content (AvgIpc) is 2.08. The van der Waals surface area contributed by atoms with E-state index in [2.05, 4.69) is 10.6 Å². The Balaban J connectivity index is 2.13. The molecule has 0 aromatic rings. The first-order valence-electron chi connectivity index (χ1n) is 5.19. The molecule has 1 aliphatic rings. The maximum Gasteiger partial charge on any atom is 0.315 e. The lowest BCUT2D eigenvalue weighted by Gasteiger charge is -2.28. The van der Waals surface area contributed by atoms with Gasteiger partial charge >= 0.3 is 6.03 Å². The highest BCUT2D eigenvalue weighted by molar-refractivity contribution is 5.74. The van der Waals surface area contributed by atoms with Gasteiger partial charge in [-0.05, 0) is 19.3 Å². The maximum absolute atomic E-state index is 11.3. The molecule has 0 heterocycles. The number of rotatable bonds is 4. The van der Waals surface area contributed by atoms with E-state index >= 15 is 0 Å². The molecular formula is C10H20N2O2. The summed E-state index contributed by atoms with van der Waals surface area (Å²) < 4.78 is 0. The lowest BCUT2D eigenvalue weighted by Crippen LogP contribution is -2.47. The summed E-state index contributed by atoms with van der Waals surface area (Å²) in [6.45, 7) is 4.41. The third-order valence-electron chi connectivity index (χ3n) is 2.60. The van der Waals surface area contributed by atoms with Crippen molar-refractivity contribution in [1.82, 2.24) is 10.6 Å². The van der Waals surface area contributed by atoms with Gasteiger partial charge in [-0.1, -0.05) is 13.8 Å². The Labute approximate surface area is 85.1 Å². The van der Waals surface area contributed by atoms with Gasteiger partial charge in [0.2, 0.25) is 0 Å². The second-order valence-electron chi connectivity index (χ2n) is 4.78. The van der Waals surface area contributed by atoms with Gasteiger partial charge < -0.3 is 15.7 Å². The van der Waals surface area contributed by atoms with Crippen LogP contribution in [-0.4, -0.2) is 30.3 Å². The van der Waals surface area contributed by atoms with Crippen LogP contribution in [0.2, 0.25) is 0 Å². The Morgan fingerprint density at radius 2 is 2.14 bits per heavy atom. The quantitative estimate of drug-likeness (QED) is 0.630. The van der Waals surface area contributed by atoms with Crippen LogP contribution in [0.25, 0.3) is 0 Å². The van der Waals surface area contributed by atoms with Crippen LogP contribution in [-0.2, 0) is 0 Å². The molecule has 0 saturated heterocycles. The first kappa shape index (κ1) is 11.3.